The second-order valence-electron chi connectivity index (χ2n) is 4.80. The topological polar surface area (TPSA) is 20.7 Å². The molecule has 0 atom stereocenters. The van der Waals surface area contributed by atoms with Crippen molar-refractivity contribution in [3.05, 3.63) is 60.8 Å². The van der Waals surface area contributed by atoms with Crippen molar-refractivity contribution in [2.45, 2.75) is 0 Å². The Kier molecular flexibility index (Phi) is 2.06. The smallest absolute Gasteiger partial charge is 0.0591 e. The minimum Gasteiger partial charge on any atom is -0.360 e. The van der Waals surface area contributed by atoms with Crippen LogP contribution in [-0.4, -0.2) is 9.55 Å². The van der Waals surface area contributed by atoms with Crippen LogP contribution in [0, 0.1) is 6.07 Å². The first-order valence-corrected chi connectivity index (χ1v) is 6.38. The van der Waals surface area contributed by atoms with E-state index in [4.69, 9.17) is 0 Å². The van der Waals surface area contributed by atoms with Crippen LogP contribution in [0.4, 0.5) is 0 Å². The summed E-state index contributed by atoms with van der Waals surface area (Å²) in [6, 6.07) is 20.2. The van der Waals surface area contributed by atoms with Crippen LogP contribution in [0.2, 0.25) is 0 Å². The van der Waals surface area contributed by atoms with Crippen LogP contribution >= 0.6 is 0 Å². The van der Waals surface area contributed by atoms with Crippen molar-refractivity contribution >= 4 is 21.8 Å². The number of hydrogen-bond donors (Lipinski definition) is 1. The van der Waals surface area contributed by atoms with Gasteiger partial charge in [-0.2, -0.15) is 0 Å². The van der Waals surface area contributed by atoms with Crippen molar-refractivity contribution in [3.63, 3.8) is 0 Å². The molecule has 0 aliphatic carbocycles. The minimum absolute atomic E-state index is 1.12. The molecule has 0 aliphatic rings. The van der Waals surface area contributed by atoms with Crippen molar-refractivity contribution in [2.24, 2.45) is 7.05 Å². The monoisotopic (exact) mass is 245 g/mol. The zero-order valence-corrected chi connectivity index (χ0v) is 10.6. The molecular weight excluding hydrogens is 232 g/mol. The number of hydrogen-bond acceptors (Lipinski definition) is 0. The number of aromatic amines is 1. The maximum Gasteiger partial charge on any atom is 0.0591 e. The van der Waals surface area contributed by atoms with Gasteiger partial charge in [0.05, 0.1) is 5.69 Å². The molecular formula is C17H13N2. The number of rotatable bonds is 1. The van der Waals surface area contributed by atoms with Gasteiger partial charge in [0.2, 0.25) is 0 Å². The number of fused-ring (bicyclic) bond motifs is 2. The van der Waals surface area contributed by atoms with Gasteiger partial charge in [-0.05, 0) is 12.1 Å². The molecule has 0 amide bonds. The third kappa shape index (κ3) is 1.43. The third-order valence-electron chi connectivity index (χ3n) is 3.70. The van der Waals surface area contributed by atoms with Gasteiger partial charge in [-0.25, -0.2) is 0 Å². The summed E-state index contributed by atoms with van der Waals surface area (Å²) in [6.07, 6.45) is 2.06. The number of aryl methyl sites for hydroxylation is 1. The van der Waals surface area contributed by atoms with Crippen LogP contribution in [0.1, 0.15) is 0 Å². The third-order valence-corrected chi connectivity index (χ3v) is 3.70. The van der Waals surface area contributed by atoms with Crippen molar-refractivity contribution in [1.29, 1.82) is 0 Å². The van der Waals surface area contributed by atoms with Gasteiger partial charge in [-0.3, -0.25) is 0 Å². The molecule has 0 saturated heterocycles. The van der Waals surface area contributed by atoms with Crippen LogP contribution in [0.15, 0.2) is 54.7 Å². The molecule has 0 bridgehead atoms. The molecule has 1 N–H and O–H groups in total. The van der Waals surface area contributed by atoms with Gasteiger partial charge in [0, 0.05) is 46.7 Å². The molecule has 2 aromatic carbocycles. The molecule has 4 rings (SSSR count). The fraction of sp³-hybridized carbons (Fsp3) is 0.0588. The molecule has 4 aromatic rings. The van der Waals surface area contributed by atoms with Gasteiger partial charge in [-0.15, -0.1) is 0 Å². The molecule has 2 aromatic heterocycles. The highest BCUT2D eigenvalue weighted by Gasteiger charge is 2.11. The van der Waals surface area contributed by atoms with E-state index in [1.807, 2.05) is 6.07 Å². The van der Waals surface area contributed by atoms with Gasteiger partial charge >= 0.3 is 0 Å². The van der Waals surface area contributed by atoms with E-state index in [9.17, 15) is 0 Å². The fourth-order valence-corrected chi connectivity index (χ4v) is 2.72. The van der Waals surface area contributed by atoms with Crippen LogP contribution in [0.3, 0.4) is 0 Å². The molecule has 2 nitrogen and oxygen atoms in total. The molecule has 0 saturated carbocycles. The van der Waals surface area contributed by atoms with Crippen molar-refractivity contribution < 1.29 is 0 Å². The molecule has 0 fully saturated rings. The molecule has 0 spiro atoms. The van der Waals surface area contributed by atoms with Crippen molar-refractivity contribution in [1.82, 2.24) is 9.55 Å². The first kappa shape index (κ1) is 10.4. The summed E-state index contributed by atoms with van der Waals surface area (Å²) in [7, 11) is 2.09. The fourth-order valence-electron chi connectivity index (χ4n) is 2.72. The number of benzene rings is 2. The highest BCUT2D eigenvalue weighted by Crippen LogP contribution is 2.31. The normalized spacial score (nSPS) is 11.4. The number of nitrogens with one attached hydrogen (secondary N) is 1. The van der Waals surface area contributed by atoms with E-state index in [0.717, 1.165) is 16.6 Å². The Morgan fingerprint density at radius 3 is 2.68 bits per heavy atom. The average Bonchev–Trinajstić information content (AvgIpc) is 3.01. The summed E-state index contributed by atoms with van der Waals surface area (Å²) in [5.41, 5.74) is 4.70. The Balaban J connectivity index is 2.07. The molecule has 2 heterocycles. The highest BCUT2D eigenvalue weighted by atomic mass is 14.9. The van der Waals surface area contributed by atoms with E-state index in [0.29, 0.717) is 0 Å². The summed E-state index contributed by atoms with van der Waals surface area (Å²) in [6.45, 7) is 0. The Hall–Kier alpha value is -2.48. The lowest BCUT2D eigenvalue weighted by Crippen LogP contribution is -1.90. The number of para-hydroxylation sites is 2. The Bertz CT molecular complexity index is 880. The largest absolute Gasteiger partial charge is 0.360 e. The predicted octanol–water partition coefficient (Wildman–Crippen LogP) is 4.13. The standard InChI is InChI=1S/C17H13N2/c1-19-16-9-5-2-6-12(16)10-17(19)14-11-18-15-8-4-3-7-13(14)15/h2-9,11,18H,1H3. The van der Waals surface area contributed by atoms with Gasteiger partial charge in [0.1, 0.15) is 0 Å². The van der Waals surface area contributed by atoms with Gasteiger partial charge in [-0.1, -0.05) is 36.4 Å². The zero-order valence-electron chi connectivity index (χ0n) is 10.6. The van der Waals surface area contributed by atoms with E-state index in [1.54, 1.807) is 0 Å². The lowest BCUT2D eigenvalue weighted by molar-refractivity contribution is 0.979. The summed E-state index contributed by atoms with van der Waals surface area (Å²) in [4.78, 5) is 3.32. The quantitative estimate of drug-likeness (QED) is 0.520. The molecule has 0 aliphatic heterocycles. The van der Waals surface area contributed by atoms with Gasteiger partial charge in [0.25, 0.3) is 0 Å². The van der Waals surface area contributed by atoms with E-state index in [2.05, 4.69) is 71.3 Å². The Morgan fingerprint density at radius 2 is 1.79 bits per heavy atom. The Morgan fingerprint density at radius 1 is 1.00 bits per heavy atom. The number of aromatic nitrogens is 2. The first-order valence-electron chi connectivity index (χ1n) is 6.38. The summed E-state index contributed by atoms with van der Waals surface area (Å²) in [5, 5.41) is 2.40. The van der Waals surface area contributed by atoms with E-state index < -0.39 is 0 Å². The summed E-state index contributed by atoms with van der Waals surface area (Å²) >= 11 is 0. The SMILES string of the molecule is Cn1c(-c2c[nH]c3ccccc23)[c]c2ccccc21. The van der Waals surface area contributed by atoms with E-state index in [1.165, 1.54) is 16.5 Å². The molecule has 2 heteroatoms. The minimum atomic E-state index is 1.12. The van der Waals surface area contributed by atoms with Gasteiger partial charge in [0.15, 0.2) is 0 Å². The van der Waals surface area contributed by atoms with Gasteiger partial charge < -0.3 is 9.55 Å². The lowest BCUT2D eigenvalue weighted by Gasteiger charge is -2.02. The number of H-pyrrole nitrogens is 1. The molecule has 0 unspecified atom stereocenters. The molecule has 1 radical (unpaired) electrons. The highest BCUT2D eigenvalue weighted by molar-refractivity contribution is 5.97. The second-order valence-corrected chi connectivity index (χ2v) is 4.80. The summed E-state index contributed by atoms with van der Waals surface area (Å²) in [5.74, 6) is 0. The van der Waals surface area contributed by atoms with Crippen LogP contribution in [0.5, 0.6) is 0 Å². The second kappa shape index (κ2) is 3.75. The lowest BCUT2D eigenvalue weighted by atomic mass is 10.1. The summed E-state index contributed by atoms with van der Waals surface area (Å²) < 4.78 is 2.20. The van der Waals surface area contributed by atoms with Crippen LogP contribution in [0.25, 0.3) is 33.1 Å². The maximum atomic E-state index is 3.50. The van der Waals surface area contributed by atoms with Crippen molar-refractivity contribution in [3.8, 4) is 11.3 Å². The van der Waals surface area contributed by atoms with E-state index in [-0.39, 0.29) is 0 Å². The predicted molar refractivity (Wildman–Crippen MR) is 79.0 cm³/mol. The molecule has 19 heavy (non-hydrogen) atoms. The first-order chi connectivity index (χ1) is 9.34. The zero-order chi connectivity index (χ0) is 12.8. The molecule has 91 valence electrons. The van der Waals surface area contributed by atoms with Crippen molar-refractivity contribution in [2.75, 3.05) is 0 Å². The Labute approximate surface area is 111 Å². The average molecular weight is 245 g/mol. The number of nitrogens with zero attached hydrogens (tertiary/aromatic N) is 1. The van der Waals surface area contributed by atoms with Crippen LogP contribution < -0.4 is 0 Å². The van der Waals surface area contributed by atoms with E-state index >= 15 is 0 Å². The maximum absolute atomic E-state index is 3.50. The van der Waals surface area contributed by atoms with Crippen LogP contribution in [-0.2, 0) is 7.05 Å².